The van der Waals surface area contributed by atoms with Crippen LogP contribution in [0.3, 0.4) is 0 Å². The van der Waals surface area contributed by atoms with Gasteiger partial charge in [-0.05, 0) is 42.3 Å². The molecule has 1 amide bonds. The summed E-state index contributed by atoms with van der Waals surface area (Å²) in [6, 6.07) is 7.04. The second kappa shape index (κ2) is 10.1. The summed E-state index contributed by atoms with van der Waals surface area (Å²) in [5.74, 6) is 0.192. The quantitative estimate of drug-likeness (QED) is 0.252. The van der Waals surface area contributed by atoms with E-state index in [2.05, 4.69) is 6.58 Å². The number of ether oxygens (including phenoxy) is 3. The van der Waals surface area contributed by atoms with Gasteiger partial charge in [-0.1, -0.05) is 18.7 Å². The second-order valence-corrected chi connectivity index (χ2v) is 9.98. The minimum atomic E-state index is -1.37. The average molecular weight is 550 g/mol. The molecule has 3 aromatic carbocycles. The molecule has 210 valence electrons. The minimum absolute atomic E-state index is 0.120. The summed E-state index contributed by atoms with van der Waals surface area (Å²) in [6.07, 6.45) is -2.79. The topological polar surface area (TPSA) is 139 Å². The molecule has 10 nitrogen and oxygen atoms in total. The molecule has 0 bridgehead atoms. The molecule has 5 rings (SSSR count). The van der Waals surface area contributed by atoms with Crippen LogP contribution >= 0.6 is 0 Å². The number of aliphatic hydroxyl groups excluding tert-OH is 2. The number of fused-ring (bicyclic) bond motifs is 5. The molecule has 40 heavy (non-hydrogen) atoms. The molecule has 0 spiro atoms. The number of aliphatic hydroxyl groups is 2. The van der Waals surface area contributed by atoms with Gasteiger partial charge in [-0.25, -0.2) is 4.79 Å². The molecule has 5 atom stereocenters. The van der Waals surface area contributed by atoms with Crippen LogP contribution in [0.25, 0.3) is 38.6 Å². The van der Waals surface area contributed by atoms with E-state index in [1.807, 2.05) is 0 Å². The number of phenolic OH excluding ortho intramolecular Hbond substituents is 1. The smallest absolute Gasteiger partial charge is 0.344 e. The maximum Gasteiger partial charge on any atom is 0.344 e. The SMILES string of the molecule is C=Cc1cc(OC)c2c(c1)c(=O)oc1c2cc(OC)c2c(O)ccc([C@@H]3O[C@H](C)[C@H](O)[C@H](N(C)C(C)=O)[C@H]3O)c21. The van der Waals surface area contributed by atoms with Gasteiger partial charge in [0.25, 0.3) is 0 Å². The van der Waals surface area contributed by atoms with Gasteiger partial charge < -0.3 is 38.8 Å². The summed E-state index contributed by atoms with van der Waals surface area (Å²) in [5.41, 5.74) is 0.506. The number of carbonyl (C=O) groups is 1. The Morgan fingerprint density at radius 1 is 1.02 bits per heavy atom. The molecule has 3 N–H and O–H groups in total. The third kappa shape index (κ3) is 4.07. The summed E-state index contributed by atoms with van der Waals surface area (Å²) in [5, 5.41) is 35.0. The molecule has 1 fully saturated rings. The molecule has 0 aliphatic carbocycles. The van der Waals surface area contributed by atoms with E-state index in [4.69, 9.17) is 18.6 Å². The Hall–Kier alpha value is -4.12. The highest BCUT2D eigenvalue weighted by Crippen LogP contribution is 2.47. The third-order valence-electron chi connectivity index (χ3n) is 7.80. The number of benzene rings is 3. The lowest BCUT2D eigenvalue weighted by Gasteiger charge is -2.45. The maximum absolute atomic E-state index is 13.4. The molecule has 0 radical (unpaired) electrons. The van der Waals surface area contributed by atoms with Crippen LogP contribution in [0.1, 0.15) is 31.1 Å². The fraction of sp³-hybridized carbons (Fsp3) is 0.333. The van der Waals surface area contributed by atoms with Gasteiger partial charge in [0.1, 0.15) is 41.1 Å². The van der Waals surface area contributed by atoms with Crippen molar-refractivity contribution in [1.82, 2.24) is 4.90 Å². The van der Waals surface area contributed by atoms with Crippen LogP contribution in [0, 0.1) is 0 Å². The fourth-order valence-electron chi connectivity index (χ4n) is 5.67. The number of likely N-dealkylation sites (N-methyl/N-ethyl adjacent to an activating group) is 1. The van der Waals surface area contributed by atoms with Crippen LogP contribution < -0.4 is 15.1 Å². The molecule has 1 aliphatic rings. The van der Waals surface area contributed by atoms with E-state index in [0.29, 0.717) is 27.6 Å². The number of rotatable bonds is 5. The second-order valence-electron chi connectivity index (χ2n) is 9.98. The van der Waals surface area contributed by atoms with Crippen molar-refractivity contribution in [3.05, 3.63) is 58.5 Å². The number of nitrogens with zero attached hydrogens (tertiary/aromatic N) is 1. The van der Waals surface area contributed by atoms with Crippen molar-refractivity contribution in [2.75, 3.05) is 21.3 Å². The highest BCUT2D eigenvalue weighted by molar-refractivity contribution is 6.19. The minimum Gasteiger partial charge on any atom is -0.507 e. The molecule has 1 aliphatic heterocycles. The Labute approximate surface area is 229 Å². The Morgan fingerprint density at radius 2 is 1.70 bits per heavy atom. The van der Waals surface area contributed by atoms with Gasteiger partial charge in [0.05, 0.1) is 37.1 Å². The van der Waals surface area contributed by atoms with Gasteiger partial charge in [-0.15, -0.1) is 0 Å². The third-order valence-corrected chi connectivity index (χ3v) is 7.80. The molecular formula is C30H31NO9. The monoisotopic (exact) mass is 549 g/mol. The van der Waals surface area contributed by atoms with E-state index in [9.17, 15) is 24.9 Å². The lowest BCUT2D eigenvalue weighted by atomic mass is 9.86. The number of amides is 1. The van der Waals surface area contributed by atoms with Crippen molar-refractivity contribution in [2.24, 2.45) is 0 Å². The molecule has 2 heterocycles. The summed E-state index contributed by atoms with van der Waals surface area (Å²) in [6.45, 7) is 6.76. The highest BCUT2D eigenvalue weighted by atomic mass is 16.5. The molecule has 1 aromatic heterocycles. The van der Waals surface area contributed by atoms with E-state index in [1.54, 1.807) is 37.3 Å². The van der Waals surface area contributed by atoms with Gasteiger partial charge in [-0.2, -0.15) is 0 Å². The van der Waals surface area contributed by atoms with E-state index in [1.165, 1.54) is 39.2 Å². The van der Waals surface area contributed by atoms with Gasteiger partial charge in [0, 0.05) is 30.1 Å². The van der Waals surface area contributed by atoms with Crippen LogP contribution in [0.2, 0.25) is 0 Å². The zero-order valence-corrected chi connectivity index (χ0v) is 22.8. The van der Waals surface area contributed by atoms with Crippen molar-refractivity contribution < 1.29 is 38.7 Å². The van der Waals surface area contributed by atoms with E-state index >= 15 is 0 Å². The Balaban J connectivity index is 1.91. The van der Waals surface area contributed by atoms with Crippen LogP contribution in [0.15, 0.2) is 46.1 Å². The Morgan fingerprint density at radius 3 is 2.33 bits per heavy atom. The van der Waals surface area contributed by atoms with Crippen LogP contribution in [-0.2, 0) is 9.53 Å². The molecule has 4 aromatic rings. The van der Waals surface area contributed by atoms with Crippen molar-refractivity contribution in [3.8, 4) is 17.2 Å². The van der Waals surface area contributed by atoms with Crippen molar-refractivity contribution in [3.63, 3.8) is 0 Å². The number of hydrogen-bond donors (Lipinski definition) is 3. The first-order valence-electron chi connectivity index (χ1n) is 12.7. The van der Waals surface area contributed by atoms with Crippen LogP contribution in [0.5, 0.6) is 17.2 Å². The van der Waals surface area contributed by atoms with Crippen LogP contribution in [0.4, 0.5) is 0 Å². The predicted molar refractivity (Wildman–Crippen MR) is 150 cm³/mol. The van der Waals surface area contributed by atoms with E-state index < -0.39 is 36.1 Å². The predicted octanol–water partition coefficient (Wildman–Crippen LogP) is 3.49. The van der Waals surface area contributed by atoms with Gasteiger partial charge >= 0.3 is 5.63 Å². The number of hydrogen-bond acceptors (Lipinski definition) is 9. The molecule has 1 saturated heterocycles. The van der Waals surface area contributed by atoms with Gasteiger partial charge in [-0.3, -0.25) is 4.79 Å². The molecule has 10 heteroatoms. The first kappa shape index (κ1) is 27.4. The van der Waals surface area contributed by atoms with Crippen LogP contribution in [-0.4, -0.2) is 71.7 Å². The highest BCUT2D eigenvalue weighted by Gasteiger charge is 2.46. The summed E-state index contributed by atoms with van der Waals surface area (Å²) >= 11 is 0. The fourth-order valence-corrected chi connectivity index (χ4v) is 5.67. The zero-order valence-electron chi connectivity index (χ0n) is 22.8. The standard InChI is InChI=1S/C30H31NO9/c1-7-15-10-18-22(20(11-15)37-5)17-12-21(38-6)24-19(33)9-8-16(23(24)28(17)40-30(18)36)29-27(35)25(31(4)14(3)32)26(34)13(2)39-29/h7-13,25-27,29,33-35H,1H2,2-6H3/t13-,25+,26+,27-,29+/m1/s1. The lowest BCUT2D eigenvalue weighted by Crippen LogP contribution is -2.60. The summed E-state index contributed by atoms with van der Waals surface area (Å²) < 4.78 is 23.3. The maximum atomic E-state index is 13.4. The molecule has 0 unspecified atom stereocenters. The summed E-state index contributed by atoms with van der Waals surface area (Å²) in [4.78, 5) is 26.9. The van der Waals surface area contributed by atoms with Gasteiger partial charge in [0.15, 0.2) is 0 Å². The largest absolute Gasteiger partial charge is 0.507 e. The molecular weight excluding hydrogens is 518 g/mol. The Bertz CT molecular complexity index is 1730. The first-order valence-corrected chi connectivity index (χ1v) is 12.7. The van der Waals surface area contributed by atoms with Crippen molar-refractivity contribution in [2.45, 2.75) is 44.3 Å². The summed E-state index contributed by atoms with van der Waals surface area (Å²) in [7, 11) is 4.43. The van der Waals surface area contributed by atoms with Crippen molar-refractivity contribution in [1.29, 1.82) is 0 Å². The molecule has 0 saturated carbocycles. The number of carbonyl (C=O) groups excluding carboxylic acids is 1. The van der Waals surface area contributed by atoms with Crippen molar-refractivity contribution >= 4 is 44.5 Å². The number of aromatic hydroxyl groups is 1. The number of phenols is 1. The Kier molecular flexibility index (Phi) is 6.95. The normalized spacial score (nSPS) is 22.9. The van der Waals surface area contributed by atoms with E-state index in [0.717, 1.165) is 0 Å². The van der Waals surface area contributed by atoms with E-state index in [-0.39, 0.29) is 39.1 Å². The zero-order chi connectivity index (χ0) is 29.0. The number of methoxy groups -OCH3 is 2. The average Bonchev–Trinajstić information content (AvgIpc) is 2.94. The lowest BCUT2D eigenvalue weighted by molar-refractivity contribution is -0.201. The first-order chi connectivity index (χ1) is 19.0. The van der Waals surface area contributed by atoms with Gasteiger partial charge in [0.2, 0.25) is 5.91 Å².